The van der Waals surface area contributed by atoms with Crippen molar-refractivity contribution in [2.75, 3.05) is 7.05 Å². The van der Waals surface area contributed by atoms with Crippen LogP contribution in [-0.4, -0.2) is 34.5 Å². The second-order valence-corrected chi connectivity index (χ2v) is 5.90. The van der Waals surface area contributed by atoms with Gasteiger partial charge in [0.1, 0.15) is 5.82 Å². The van der Waals surface area contributed by atoms with Gasteiger partial charge in [0.25, 0.3) is 0 Å². The highest BCUT2D eigenvalue weighted by Gasteiger charge is 2.23. The number of hydrogen-bond donors (Lipinski definition) is 1. The van der Waals surface area contributed by atoms with Gasteiger partial charge in [-0.25, -0.2) is 19.1 Å². The van der Waals surface area contributed by atoms with Crippen LogP contribution in [0.4, 0.5) is 9.18 Å². The van der Waals surface area contributed by atoms with Crippen molar-refractivity contribution in [1.29, 1.82) is 0 Å². The molecule has 1 heterocycles. The molecule has 0 spiro atoms. The average Bonchev–Trinajstić information content (AvgIpc) is 2.96. The summed E-state index contributed by atoms with van der Waals surface area (Å²) in [5.74, 6) is 0.491. The Labute approximate surface area is 137 Å². The van der Waals surface area contributed by atoms with Crippen molar-refractivity contribution >= 4 is 34.0 Å². The maximum atomic E-state index is 13.4. The van der Waals surface area contributed by atoms with E-state index in [1.807, 2.05) is 6.07 Å². The summed E-state index contributed by atoms with van der Waals surface area (Å²) in [5.41, 5.74) is 3.87. The zero-order valence-electron chi connectivity index (χ0n) is 12.8. The predicted octanol–water partition coefficient (Wildman–Crippen LogP) is 4.47. The highest BCUT2D eigenvalue weighted by molar-refractivity contribution is 7.16. The number of amides is 1. The van der Waals surface area contributed by atoms with Crippen LogP contribution in [0, 0.1) is 5.82 Å². The summed E-state index contributed by atoms with van der Waals surface area (Å²) in [6, 6.07) is 3.48. The molecule has 23 heavy (non-hydrogen) atoms. The summed E-state index contributed by atoms with van der Waals surface area (Å²) < 4.78 is 14.1. The molecule has 0 unspecified atom stereocenters. The lowest BCUT2D eigenvalue weighted by molar-refractivity contribution is 0.181. The first-order valence-corrected chi connectivity index (χ1v) is 8.04. The lowest BCUT2D eigenvalue weighted by atomic mass is 9.79. The lowest BCUT2D eigenvalue weighted by Gasteiger charge is -2.25. The summed E-state index contributed by atoms with van der Waals surface area (Å²) in [7, 11) is 1.49. The van der Waals surface area contributed by atoms with Gasteiger partial charge in [-0.15, -0.1) is 11.3 Å². The minimum atomic E-state index is -1.09. The molecule has 1 aliphatic carbocycles. The van der Waals surface area contributed by atoms with Crippen molar-refractivity contribution in [3.05, 3.63) is 41.8 Å². The Morgan fingerprint density at radius 3 is 2.78 bits per heavy atom. The van der Waals surface area contributed by atoms with Crippen LogP contribution in [0.5, 0.6) is 0 Å². The van der Waals surface area contributed by atoms with Crippen LogP contribution in [0.3, 0.4) is 0 Å². The summed E-state index contributed by atoms with van der Waals surface area (Å²) >= 11 is 1.39. The molecule has 0 radical (unpaired) electrons. The molecule has 0 saturated heterocycles. The topological polar surface area (TPSA) is 65.8 Å². The molecule has 2 aromatic rings. The average molecular weight is 335 g/mol. The number of carbonyl (C=O) groups is 1. The summed E-state index contributed by atoms with van der Waals surface area (Å²) in [4.78, 5) is 18.7. The van der Waals surface area contributed by atoms with E-state index in [1.165, 1.54) is 43.2 Å². The zero-order valence-corrected chi connectivity index (χ0v) is 13.6. The Bertz CT molecular complexity index is 725. The minimum Gasteiger partial charge on any atom is -0.464 e. The molecule has 5 nitrogen and oxygen atoms in total. The van der Waals surface area contributed by atoms with Gasteiger partial charge in [0, 0.05) is 13.2 Å². The molecule has 1 N–H and O–H groups in total. The second kappa shape index (κ2) is 7.82. The third-order valence-electron chi connectivity index (χ3n) is 3.67. The van der Waals surface area contributed by atoms with Crippen molar-refractivity contribution in [3.8, 4) is 0 Å². The van der Waals surface area contributed by atoms with Gasteiger partial charge in [-0.2, -0.15) is 0 Å². The van der Waals surface area contributed by atoms with E-state index in [-0.39, 0.29) is 5.82 Å². The van der Waals surface area contributed by atoms with Crippen molar-refractivity contribution in [3.63, 3.8) is 0 Å². The molecule has 1 amide bonds. The molecule has 3 rings (SSSR count). The number of aliphatic imine (C=N–C) groups is 1. The maximum absolute atomic E-state index is 13.4. The second-order valence-electron chi connectivity index (χ2n) is 5.04. The fraction of sp³-hybridized carbons (Fsp3) is 0.312. The van der Waals surface area contributed by atoms with Crippen molar-refractivity contribution in [1.82, 2.24) is 9.88 Å². The Balaban J connectivity index is 0.000000188. The summed E-state index contributed by atoms with van der Waals surface area (Å²) in [6.45, 7) is 3.25. The standard InChI is InChI=1S/C11H10FNS.C5H8N2O2/c12-9-5-4-8(7-2-1-3-7)10-11(9)14-6-13-10;1-3-7(4-6-2)5(8)9/h4-7H,1-3H2;3-4H,1H2,2H3,(H,8,9). The Morgan fingerprint density at radius 2 is 2.30 bits per heavy atom. The number of hydrogen-bond acceptors (Lipinski definition) is 4. The third kappa shape index (κ3) is 3.92. The van der Waals surface area contributed by atoms with Crippen LogP contribution >= 0.6 is 11.3 Å². The molecule has 1 aromatic carbocycles. The molecule has 1 aromatic heterocycles. The number of fused-ring (bicyclic) bond motifs is 1. The molecule has 122 valence electrons. The van der Waals surface area contributed by atoms with Crippen molar-refractivity contribution in [2.45, 2.75) is 25.2 Å². The van der Waals surface area contributed by atoms with Crippen LogP contribution in [0.25, 0.3) is 10.2 Å². The molecule has 0 atom stereocenters. The number of benzene rings is 1. The van der Waals surface area contributed by atoms with Gasteiger partial charge < -0.3 is 5.11 Å². The maximum Gasteiger partial charge on any atom is 0.416 e. The first kappa shape index (κ1) is 17.1. The van der Waals surface area contributed by atoms with Gasteiger partial charge in [0.2, 0.25) is 0 Å². The van der Waals surface area contributed by atoms with Crippen LogP contribution in [-0.2, 0) is 0 Å². The van der Waals surface area contributed by atoms with Crippen molar-refractivity contribution < 1.29 is 14.3 Å². The Morgan fingerprint density at radius 1 is 1.57 bits per heavy atom. The molecule has 7 heteroatoms. The van der Waals surface area contributed by atoms with Gasteiger partial charge in [-0.1, -0.05) is 19.1 Å². The number of nitrogens with zero attached hydrogens (tertiary/aromatic N) is 3. The van der Waals surface area contributed by atoms with E-state index in [1.54, 1.807) is 11.6 Å². The normalized spacial score (nSPS) is 14.2. The fourth-order valence-corrected chi connectivity index (χ4v) is 3.01. The van der Waals surface area contributed by atoms with E-state index >= 15 is 0 Å². The molecule has 0 aliphatic heterocycles. The zero-order chi connectivity index (χ0) is 16.8. The van der Waals surface area contributed by atoms with Gasteiger partial charge in [0.05, 0.1) is 22.1 Å². The third-order valence-corrected chi connectivity index (χ3v) is 4.50. The molecule has 0 bridgehead atoms. The highest BCUT2D eigenvalue weighted by atomic mass is 32.1. The lowest BCUT2D eigenvalue weighted by Crippen LogP contribution is -2.20. The van der Waals surface area contributed by atoms with Crippen LogP contribution < -0.4 is 0 Å². The van der Waals surface area contributed by atoms with Crippen LogP contribution in [0.15, 0.2) is 35.4 Å². The minimum absolute atomic E-state index is 0.134. The molecule has 1 fully saturated rings. The molecule has 1 saturated carbocycles. The first-order valence-electron chi connectivity index (χ1n) is 7.16. The molecular weight excluding hydrogens is 317 g/mol. The molecule has 1 aliphatic rings. The van der Waals surface area contributed by atoms with Gasteiger partial charge >= 0.3 is 6.09 Å². The SMILES string of the molecule is C=CN(C=NC)C(=O)O.Fc1ccc(C2CCC2)c2ncsc12. The number of carboxylic acid groups (broad SMARTS) is 1. The quantitative estimate of drug-likeness (QED) is 0.665. The largest absolute Gasteiger partial charge is 0.464 e. The van der Waals surface area contributed by atoms with E-state index in [4.69, 9.17) is 5.11 Å². The predicted molar refractivity (Wildman–Crippen MR) is 90.6 cm³/mol. The number of thiazole rings is 1. The summed E-state index contributed by atoms with van der Waals surface area (Å²) in [6.07, 6.45) is 5.00. The van der Waals surface area contributed by atoms with Gasteiger partial charge in [-0.05, 0) is 30.4 Å². The van der Waals surface area contributed by atoms with E-state index < -0.39 is 6.09 Å². The monoisotopic (exact) mass is 335 g/mol. The molecular formula is C16H18FN3O2S. The summed E-state index contributed by atoms with van der Waals surface area (Å²) in [5, 5.41) is 8.27. The Kier molecular flexibility index (Phi) is 5.81. The fourth-order valence-electron chi connectivity index (χ4n) is 2.29. The number of rotatable bonds is 3. The van der Waals surface area contributed by atoms with Crippen LogP contribution in [0.2, 0.25) is 0 Å². The highest BCUT2D eigenvalue weighted by Crippen LogP contribution is 2.40. The van der Waals surface area contributed by atoms with E-state index in [2.05, 4.69) is 16.6 Å². The first-order chi connectivity index (χ1) is 11.1. The van der Waals surface area contributed by atoms with Crippen molar-refractivity contribution in [2.24, 2.45) is 4.99 Å². The van der Waals surface area contributed by atoms with Crippen LogP contribution in [0.1, 0.15) is 30.7 Å². The van der Waals surface area contributed by atoms with E-state index in [0.29, 0.717) is 5.92 Å². The van der Waals surface area contributed by atoms with Gasteiger partial charge in [-0.3, -0.25) is 4.99 Å². The number of halogens is 1. The van der Waals surface area contributed by atoms with E-state index in [9.17, 15) is 9.18 Å². The van der Waals surface area contributed by atoms with Gasteiger partial charge in [0.15, 0.2) is 0 Å². The number of aromatic nitrogens is 1. The Hall–Kier alpha value is -2.28. The smallest absolute Gasteiger partial charge is 0.416 e. The van der Waals surface area contributed by atoms with E-state index in [0.717, 1.165) is 27.7 Å².